The molecule has 0 radical (unpaired) electrons. The van der Waals surface area contributed by atoms with Crippen LogP contribution in [0.2, 0.25) is 0 Å². The molecule has 4 nitrogen and oxygen atoms in total. The molecule has 1 aromatic carbocycles. The second-order valence-corrected chi connectivity index (χ2v) is 3.86. The molecule has 1 rings (SSSR count). The molecule has 86 valence electrons. The quantitative estimate of drug-likeness (QED) is 0.758. The first-order chi connectivity index (χ1) is 7.49. The van der Waals surface area contributed by atoms with E-state index in [2.05, 4.69) is 0 Å². The summed E-state index contributed by atoms with van der Waals surface area (Å²) in [5.41, 5.74) is 6.44. The minimum Gasteiger partial charge on any atom is -0.478 e. The van der Waals surface area contributed by atoms with E-state index in [0.29, 0.717) is 11.1 Å². The Morgan fingerprint density at radius 2 is 1.88 bits per heavy atom. The van der Waals surface area contributed by atoms with Crippen LogP contribution < -0.4 is 5.73 Å². The van der Waals surface area contributed by atoms with Crippen LogP contribution >= 0.6 is 0 Å². The molecule has 16 heavy (non-hydrogen) atoms. The van der Waals surface area contributed by atoms with Gasteiger partial charge in [-0.25, -0.2) is 4.79 Å². The number of hydrogen-bond acceptors (Lipinski definition) is 3. The zero-order chi connectivity index (χ0) is 12.3. The molecular weight excluding hydrogens is 206 g/mol. The molecule has 0 spiro atoms. The first-order valence-corrected chi connectivity index (χ1v) is 5.08. The standard InChI is InChI=1S/C12H15NO3/c1-7(2)11(14)8-4-3-5-9(12(15)16)10(8)6-13/h3-5,7H,6,13H2,1-2H3,(H,15,16). The molecule has 0 atom stereocenters. The van der Waals surface area contributed by atoms with E-state index in [1.807, 2.05) is 0 Å². The molecule has 0 saturated heterocycles. The summed E-state index contributed by atoms with van der Waals surface area (Å²) in [6.45, 7) is 3.60. The van der Waals surface area contributed by atoms with Gasteiger partial charge in [0.2, 0.25) is 0 Å². The van der Waals surface area contributed by atoms with Gasteiger partial charge in [-0.05, 0) is 11.6 Å². The summed E-state index contributed by atoms with van der Waals surface area (Å²) in [5, 5.41) is 8.97. The van der Waals surface area contributed by atoms with Crippen LogP contribution in [-0.4, -0.2) is 16.9 Å². The van der Waals surface area contributed by atoms with Crippen molar-refractivity contribution in [1.29, 1.82) is 0 Å². The Kier molecular flexibility index (Phi) is 3.79. The van der Waals surface area contributed by atoms with Gasteiger partial charge in [0.15, 0.2) is 5.78 Å². The highest BCUT2D eigenvalue weighted by molar-refractivity contribution is 6.02. The Labute approximate surface area is 94.1 Å². The first kappa shape index (κ1) is 12.4. The van der Waals surface area contributed by atoms with Gasteiger partial charge in [-0.15, -0.1) is 0 Å². The molecule has 0 aliphatic heterocycles. The smallest absolute Gasteiger partial charge is 0.336 e. The second-order valence-electron chi connectivity index (χ2n) is 3.86. The molecule has 0 aliphatic carbocycles. The number of ketones is 1. The van der Waals surface area contributed by atoms with Crippen LogP contribution in [0.15, 0.2) is 18.2 Å². The lowest BCUT2D eigenvalue weighted by atomic mass is 9.93. The Hall–Kier alpha value is -1.68. The topological polar surface area (TPSA) is 80.4 Å². The number of hydrogen-bond donors (Lipinski definition) is 2. The summed E-state index contributed by atoms with van der Waals surface area (Å²) < 4.78 is 0. The van der Waals surface area contributed by atoms with Crippen molar-refractivity contribution >= 4 is 11.8 Å². The zero-order valence-electron chi connectivity index (χ0n) is 9.36. The summed E-state index contributed by atoms with van der Waals surface area (Å²) in [4.78, 5) is 22.8. The summed E-state index contributed by atoms with van der Waals surface area (Å²) in [7, 11) is 0. The maximum atomic E-state index is 11.9. The molecular formula is C12H15NO3. The normalized spacial score (nSPS) is 10.5. The SMILES string of the molecule is CC(C)C(=O)c1cccc(C(=O)O)c1CN. The third kappa shape index (κ3) is 2.28. The molecule has 4 heteroatoms. The van der Waals surface area contributed by atoms with E-state index in [-0.39, 0.29) is 23.8 Å². The fraction of sp³-hybridized carbons (Fsp3) is 0.333. The number of rotatable bonds is 4. The molecule has 0 aliphatic rings. The van der Waals surface area contributed by atoms with Crippen molar-refractivity contribution < 1.29 is 14.7 Å². The Morgan fingerprint density at radius 1 is 1.31 bits per heavy atom. The van der Waals surface area contributed by atoms with Crippen LogP contribution in [0.25, 0.3) is 0 Å². The lowest BCUT2D eigenvalue weighted by Gasteiger charge is -2.11. The molecule has 0 aromatic heterocycles. The summed E-state index contributed by atoms with van der Waals surface area (Å²) in [5.74, 6) is -1.31. The van der Waals surface area contributed by atoms with E-state index in [0.717, 1.165) is 0 Å². The minimum absolute atomic E-state index is 0.0519. The van der Waals surface area contributed by atoms with Crippen molar-refractivity contribution in [3.8, 4) is 0 Å². The first-order valence-electron chi connectivity index (χ1n) is 5.08. The van der Waals surface area contributed by atoms with Gasteiger partial charge in [-0.2, -0.15) is 0 Å². The van der Waals surface area contributed by atoms with Gasteiger partial charge in [-0.3, -0.25) is 4.79 Å². The van der Waals surface area contributed by atoms with Crippen molar-refractivity contribution in [3.63, 3.8) is 0 Å². The van der Waals surface area contributed by atoms with Crippen molar-refractivity contribution in [2.45, 2.75) is 20.4 Å². The zero-order valence-corrected chi connectivity index (χ0v) is 9.36. The van der Waals surface area contributed by atoms with Crippen molar-refractivity contribution in [2.75, 3.05) is 0 Å². The highest BCUT2D eigenvalue weighted by atomic mass is 16.4. The Balaban J connectivity index is 3.35. The predicted molar refractivity (Wildman–Crippen MR) is 60.5 cm³/mol. The molecule has 0 heterocycles. The third-order valence-electron chi connectivity index (χ3n) is 2.40. The number of nitrogens with two attached hydrogens (primary N) is 1. The van der Waals surface area contributed by atoms with Gasteiger partial charge in [0, 0.05) is 18.0 Å². The number of aromatic carboxylic acids is 1. The van der Waals surface area contributed by atoms with Gasteiger partial charge in [-0.1, -0.05) is 26.0 Å². The third-order valence-corrected chi connectivity index (χ3v) is 2.40. The maximum Gasteiger partial charge on any atom is 0.336 e. The Bertz CT molecular complexity index is 424. The number of Topliss-reactive ketones (excluding diaryl/α,β-unsaturated/α-hetero) is 1. The largest absolute Gasteiger partial charge is 0.478 e. The lowest BCUT2D eigenvalue weighted by molar-refractivity contribution is 0.0695. The van der Waals surface area contributed by atoms with Crippen molar-refractivity contribution in [3.05, 3.63) is 34.9 Å². The van der Waals surface area contributed by atoms with Gasteiger partial charge in [0.05, 0.1) is 5.56 Å². The number of carbonyl (C=O) groups is 2. The number of carbonyl (C=O) groups excluding carboxylic acids is 1. The number of carboxylic acids is 1. The van der Waals surface area contributed by atoms with Gasteiger partial charge in [0.1, 0.15) is 0 Å². The van der Waals surface area contributed by atoms with E-state index in [9.17, 15) is 9.59 Å². The monoisotopic (exact) mass is 221 g/mol. The van der Waals surface area contributed by atoms with Crippen LogP contribution in [0.4, 0.5) is 0 Å². The fourth-order valence-electron chi connectivity index (χ4n) is 1.55. The van der Waals surface area contributed by atoms with Crippen LogP contribution in [0, 0.1) is 5.92 Å². The molecule has 0 unspecified atom stereocenters. The van der Waals surface area contributed by atoms with E-state index in [4.69, 9.17) is 10.8 Å². The molecule has 1 aromatic rings. The van der Waals surface area contributed by atoms with Crippen LogP contribution in [0.3, 0.4) is 0 Å². The maximum absolute atomic E-state index is 11.9. The van der Waals surface area contributed by atoms with Crippen LogP contribution in [0.5, 0.6) is 0 Å². The fourth-order valence-corrected chi connectivity index (χ4v) is 1.55. The highest BCUT2D eigenvalue weighted by Gasteiger charge is 2.18. The number of carboxylic acid groups (broad SMARTS) is 1. The number of benzene rings is 1. The molecule has 0 bridgehead atoms. The molecule has 0 amide bonds. The van der Waals surface area contributed by atoms with E-state index in [1.165, 1.54) is 6.07 Å². The van der Waals surface area contributed by atoms with Crippen molar-refractivity contribution in [2.24, 2.45) is 11.7 Å². The summed E-state index contributed by atoms with van der Waals surface area (Å²) >= 11 is 0. The molecule has 0 fully saturated rings. The average molecular weight is 221 g/mol. The van der Waals surface area contributed by atoms with E-state index in [1.54, 1.807) is 26.0 Å². The summed E-state index contributed by atoms with van der Waals surface area (Å²) in [6.07, 6.45) is 0. The van der Waals surface area contributed by atoms with Gasteiger partial charge < -0.3 is 10.8 Å². The minimum atomic E-state index is -1.06. The van der Waals surface area contributed by atoms with Crippen molar-refractivity contribution in [1.82, 2.24) is 0 Å². The van der Waals surface area contributed by atoms with Gasteiger partial charge in [0.25, 0.3) is 0 Å². The van der Waals surface area contributed by atoms with Crippen LogP contribution in [-0.2, 0) is 6.54 Å². The predicted octanol–water partition coefficient (Wildman–Crippen LogP) is 1.68. The van der Waals surface area contributed by atoms with Gasteiger partial charge >= 0.3 is 5.97 Å². The molecule has 0 saturated carbocycles. The second kappa shape index (κ2) is 4.90. The van der Waals surface area contributed by atoms with Crippen LogP contribution in [0.1, 0.15) is 40.1 Å². The summed E-state index contributed by atoms with van der Waals surface area (Å²) in [6, 6.07) is 4.65. The van der Waals surface area contributed by atoms with E-state index >= 15 is 0 Å². The average Bonchev–Trinajstić information content (AvgIpc) is 2.26. The Morgan fingerprint density at radius 3 is 2.31 bits per heavy atom. The van der Waals surface area contributed by atoms with E-state index < -0.39 is 5.97 Å². The highest BCUT2D eigenvalue weighted by Crippen LogP contribution is 2.18. The lowest BCUT2D eigenvalue weighted by Crippen LogP contribution is -2.16. The molecule has 3 N–H and O–H groups in total.